The molecule has 0 amide bonds. The Labute approximate surface area is 147 Å². The van der Waals surface area contributed by atoms with Crippen molar-refractivity contribution in [2.45, 2.75) is 6.92 Å². The topological polar surface area (TPSA) is 49.8 Å². The molecule has 0 unspecified atom stereocenters. The molecule has 0 aliphatic rings. The highest BCUT2D eigenvalue weighted by atomic mass is 16.5. The average Bonchev–Trinajstić information content (AvgIpc) is 2.66. The van der Waals surface area contributed by atoms with Gasteiger partial charge in [-0.3, -0.25) is 0 Å². The lowest BCUT2D eigenvalue weighted by Gasteiger charge is -2.13. The molecule has 0 bridgehead atoms. The second-order valence-electron chi connectivity index (χ2n) is 5.62. The lowest BCUT2D eigenvalue weighted by atomic mass is 10.0. The highest BCUT2D eigenvalue weighted by Gasteiger charge is 2.13. The largest absolute Gasteiger partial charge is 0.497 e. The maximum Gasteiger partial charge on any atom is 0.161 e. The van der Waals surface area contributed by atoms with Crippen LogP contribution in [0.25, 0.3) is 22.2 Å². The zero-order chi connectivity index (χ0) is 18.0. The SMILES string of the molecule is COc1cc(OC)c2nc(-c3ccc(OC)c(OC)c3)cc(C)c2c1. The molecular weight excluding hydrogens is 318 g/mol. The first-order chi connectivity index (χ1) is 12.1. The molecule has 0 saturated heterocycles. The predicted octanol–water partition coefficient (Wildman–Crippen LogP) is 4.24. The summed E-state index contributed by atoms with van der Waals surface area (Å²) in [4.78, 5) is 4.81. The summed E-state index contributed by atoms with van der Waals surface area (Å²) < 4.78 is 21.6. The van der Waals surface area contributed by atoms with Gasteiger partial charge in [-0.15, -0.1) is 0 Å². The Morgan fingerprint density at radius 2 is 1.44 bits per heavy atom. The van der Waals surface area contributed by atoms with Crippen LogP contribution in [-0.4, -0.2) is 33.4 Å². The molecule has 0 saturated carbocycles. The fourth-order valence-corrected chi connectivity index (χ4v) is 2.85. The number of nitrogens with zero attached hydrogens (tertiary/aromatic N) is 1. The molecule has 0 fully saturated rings. The highest BCUT2D eigenvalue weighted by Crippen LogP contribution is 2.36. The fourth-order valence-electron chi connectivity index (χ4n) is 2.85. The normalized spacial score (nSPS) is 10.6. The predicted molar refractivity (Wildman–Crippen MR) is 98.1 cm³/mol. The van der Waals surface area contributed by atoms with E-state index >= 15 is 0 Å². The number of ether oxygens (including phenoxy) is 4. The quantitative estimate of drug-likeness (QED) is 0.696. The molecule has 130 valence electrons. The second kappa shape index (κ2) is 6.89. The van der Waals surface area contributed by atoms with E-state index in [1.54, 1.807) is 28.4 Å². The van der Waals surface area contributed by atoms with Gasteiger partial charge in [0.05, 0.1) is 34.1 Å². The van der Waals surface area contributed by atoms with Crippen molar-refractivity contribution in [1.82, 2.24) is 4.98 Å². The van der Waals surface area contributed by atoms with E-state index in [-0.39, 0.29) is 0 Å². The number of aromatic nitrogens is 1. The molecule has 1 aromatic heterocycles. The van der Waals surface area contributed by atoms with Crippen LogP contribution in [0.4, 0.5) is 0 Å². The highest BCUT2D eigenvalue weighted by molar-refractivity contribution is 5.91. The number of rotatable bonds is 5. The zero-order valence-electron chi connectivity index (χ0n) is 15.0. The third-order valence-electron chi connectivity index (χ3n) is 4.19. The van der Waals surface area contributed by atoms with Crippen LogP contribution in [0.1, 0.15) is 5.56 Å². The molecule has 5 nitrogen and oxygen atoms in total. The fraction of sp³-hybridized carbons (Fsp3) is 0.250. The van der Waals surface area contributed by atoms with Crippen LogP contribution in [0.15, 0.2) is 36.4 Å². The first-order valence-electron chi connectivity index (χ1n) is 7.87. The number of aryl methyl sites for hydroxylation is 1. The molecule has 2 aromatic carbocycles. The lowest BCUT2D eigenvalue weighted by Crippen LogP contribution is -1.95. The van der Waals surface area contributed by atoms with Crippen molar-refractivity contribution in [3.05, 3.63) is 42.0 Å². The maximum absolute atomic E-state index is 5.51. The van der Waals surface area contributed by atoms with Crippen molar-refractivity contribution in [2.24, 2.45) is 0 Å². The van der Waals surface area contributed by atoms with E-state index in [0.717, 1.165) is 33.5 Å². The van der Waals surface area contributed by atoms with Crippen LogP contribution < -0.4 is 18.9 Å². The van der Waals surface area contributed by atoms with Gasteiger partial charge < -0.3 is 18.9 Å². The van der Waals surface area contributed by atoms with Crippen LogP contribution >= 0.6 is 0 Å². The monoisotopic (exact) mass is 339 g/mol. The standard InChI is InChI=1S/C20H21NO4/c1-12-8-16(13-6-7-17(23-3)18(9-13)24-4)21-20-15(12)10-14(22-2)11-19(20)25-5/h6-11H,1-5H3. The summed E-state index contributed by atoms with van der Waals surface area (Å²) in [6, 6.07) is 11.6. The molecule has 0 aliphatic heterocycles. The smallest absolute Gasteiger partial charge is 0.161 e. The minimum atomic E-state index is 0.668. The molecule has 0 aliphatic carbocycles. The van der Waals surface area contributed by atoms with Gasteiger partial charge in [0.25, 0.3) is 0 Å². The van der Waals surface area contributed by atoms with Gasteiger partial charge in [0.1, 0.15) is 17.0 Å². The van der Waals surface area contributed by atoms with E-state index in [1.165, 1.54) is 0 Å². The molecule has 25 heavy (non-hydrogen) atoms. The summed E-state index contributed by atoms with van der Waals surface area (Å²) in [5.41, 5.74) is 3.68. The summed E-state index contributed by atoms with van der Waals surface area (Å²) in [5, 5.41) is 1.00. The lowest BCUT2D eigenvalue weighted by molar-refractivity contribution is 0.355. The first kappa shape index (κ1) is 16.9. The molecule has 0 N–H and O–H groups in total. The molecule has 0 spiro atoms. The second-order valence-corrected chi connectivity index (χ2v) is 5.62. The summed E-state index contributed by atoms with van der Waals surface area (Å²) in [7, 11) is 6.51. The molecule has 5 heteroatoms. The van der Waals surface area contributed by atoms with Gasteiger partial charge in [-0.05, 0) is 42.8 Å². The molecule has 1 heterocycles. The number of hydrogen-bond donors (Lipinski definition) is 0. The van der Waals surface area contributed by atoms with E-state index in [9.17, 15) is 0 Å². The Hall–Kier alpha value is -2.95. The van der Waals surface area contributed by atoms with E-state index in [0.29, 0.717) is 17.2 Å². The van der Waals surface area contributed by atoms with Gasteiger partial charge >= 0.3 is 0 Å². The molecule has 3 aromatic rings. The molecule has 0 radical (unpaired) electrons. The summed E-state index contributed by atoms with van der Waals surface area (Å²) >= 11 is 0. The molecule has 3 rings (SSSR count). The van der Waals surface area contributed by atoms with E-state index < -0.39 is 0 Å². The summed E-state index contributed by atoms with van der Waals surface area (Å²) in [6.45, 7) is 2.05. The zero-order valence-corrected chi connectivity index (χ0v) is 15.0. The number of hydrogen-bond acceptors (Lipinski definition) is 5. The van der Waals surface area contributed by atoms with E-state index in [1.807, 2.05) is 43.3 Å². The molecule has 0 atom stereocenters. The third kappa shape index (κ3) is 3.05. The minimum Gasteiger partial charge on any atom is -0.497 e. The van der Waals surface area contributed by atoms with Crippen molar-refractivity contribution in [2.75, 3.05) is 28.4 Å². The van der Waals surface area contributed by atoms with Crippen molar-refractivity contribution in [3.63, 3.8) is 0 Å². The van der Waals surface area contributed by atoms with E-state index in [2.05, 4.69) is 0 Å². The first-order valence-corrected chi connectivity index (χ1v) is 7.87. The van der Waals surface area contributed by atoms with Crippen molar-refractivity contribution < 1.29 is 18.9 Å². The van der Waals surface area contributed by atoms with Crippen LogP contribution in [-0.2, 0) is 0 Å². The van der Waals surface area contributed by atoms with Crippen LogP contribution in [0.2, 0.25) is 0 Å². The van der Waals surface area contributed by atoms with Gasteiger partial charge in [0.2, 0.25) is 0 Å². The number of benzene rings is 2. The summed E-state index contributed by atoms with van der Waals surface area (Å²) in [6.07, 6.45) is 0. The Kier molecular flexibility index (Phi) is 4.65. The van der Waals surface area contributed by atoms with Gasteiger partial charge in [0, 0.05) is 17.0 Å². The van der Waals surface area contributed by atoms with Crippen LogP contribution in [0, 0.1) is 6.92 Å². The Morgan fingerprint density at radius 1 is 0.720 bits per heavy atom. The van der Waals surface area contributed by atoms with Crippen molar-refractivity contribution in [1.29, 1.82) is 0 Å². The van der Waals surface area contributed by atoms with Gasteiger partial charge in [-0.2, -0.15) is 0 Å². The van der Waals surface area contributed by atoms with Crippen LogP contribution in [0.3, 0.4) is 0 Å². The number of pyridine rings is 1. The summed E-state index contributed by atoms with van der Waals surface area (Å²) in [5.74, 6) is 2.78. The van der Waals surface area contributed by atoms with E-state index in [4.69, 9.17) is 23.9 Å². The van der Waals surface area contributed by atoms with Crippen molar-refractivity contribution in [3.8, 4) is 34.3 Å². The average molecular weight is 339 g/mol. The van der Waals surface area contributed by atoms with Crippen LogP contribution in [0.5, 0.6) is 23.0 Å². The number of methoxy groups -OCH3 is 4. The van der Waals surface area contributed by atoms with Gasteiger partial charge in [0.15, 0.2) is 11.5 Å². The van der Waals surface area contributed by atoms with Gasteiger partial charge in [-0.1, -0.05) is 0 Å². The Morgan fingerprint density at radius 3 is 2.08 bits per heavy atom. The third-order valence-corrected chi connectivity index (χ3v) is 4.19. The van der Waals surface area contributed by atoms with Crippen molar-refractivity contribution >= 4 is 10.9 Å². The number of fused-ring (bicyclic) bond motifs is 1. The minimum absolute atomic E-state index is 0.668. The maximum atomic E-state index is 5.51. The molecular formula is C20H21NO4. The van der Waals surface area contributed by atoms with Gasteiger partial charge in [-0.25, -0.2) is 4.98 Å². The Bertz CT molecular complexity index is 921. The Balaban J connectivity index is 2.21.